The number of nitrogens with zero attached hydrogens (tertiary/aromatic N) is 1. The van der Waals surface area contributed by atoms with Gasteiger partial charge >= 0.3 is 6.09 Å². The summed E-state index contributed by atoms with van der Waals surface area (Å²) >= 11 is 0. The van der Waals surface area contributed by atoms with Crippen molar-refractivity contribution in [1.82, 2.24) is 4.90 Å². The number of morpholine rings is 1. The van der Waals surface area contributed by atoms with Crippen molar-refractivity contribution in [1.29, 1.82) is 0 Å². The number of hydrogen-bond acceptors (Lipinski definition) is 3. The largest absolute Gasteiger partial charge is 0.445 e. The lowest BCUT2D eigenvalue weighted by Crippen LogP contribution is -2.56. The molecule has 0 radical (unpaired) electrons. The summed E-state index contributed by atoms with van der Waals surface area (Å²) in [5.74, 6) is 0. The van der Waals surface area contributed by atoms with Crippen molar-refractivity contribution in [3.63, 3.8) is 0 Å². The lowest BCUT2D eigenvalue weighted by atomic mass is 9.92. The van der Waals surface area contributed by atoms with E-state index in [4.69, 9.17) is 9.47 Å². The van der Waals surface area contributed by atoms with Crippen molar-refractivity contribution < 1.29 is 14.3 Å². The molecular formula is C20H25NO3. The van der Waals surface area contributed by atoms with Gasteiger partial charge in [0.1, 0.15) is 6.61 Å². The number of carbonyl (C=O) groups excluding carboxylic acids is 1. The second-order valence-corrected chi connectivity index (χ2v) is 6.72. The minimum Gasteiger partial charge on any atom is -0.445 e. The SMILES string of the molecule is CC(C)=CCC1=CC2COCC(C1)N2C(=O)OCc1ccccc1. The highest BCUT2D eigenvalue weighted by Gasteiger charge is 2.38. The Kier molecular flexibility index (Phi) is 5.36. The molecule has 0 N–H and O–H groups in total. The third-order valence-electron chi connectivity index (χ3n) is 4.46. The Morgan fingerprint density at radius 1 is 1.29 bits per heavy atom. The van der Waals surface area contributed by atoms with Gasteiger partial charge in [-0.15, -0.1) is 0 Å². The van der Waals surface area contributed by atoms with Crippen molar-refractivity contribution >= 4 is 6.09 Å². The maximum atomic E-state index is 12.6. The summed E-state index contributed by atoms with van der Waals surface area (Å²) in [5.41, 5.74) is 3.72. The number of allylic oxidation sites excluding steroid dienone is 2. The fourth-order valence-electron chi connectivity index (χ4n) is 3.25. The third-order valence-corrected chi connectivity index (χ3v) is 4.46. The maximum Gasteiger partial charge on any atom is 0.411 e. The van der Waals surface area contributed by atoms with Crippen LogP contribution in [-0.2, 0) is 16.1 Å². The molecule has 1 fully saturated rings. The molecule has 1 aromatic rings. The molecular weight excluding hydrogens is 302 g/mol. The predicted molar refractivity (Wildman–Crippen MR) is 93.6 cm³/mol. The van der Waals surface area contributed by atoms with E-state index in [0.717, 1.165) is 18.4 Å². The van der Waals surface area contributed by atoms with E-state index < -0.39 is 0 Å². The number of fused-ring (bicyclic) bond motifs is 2. The van der Waals surface area contributed by atoms with Crippen LogP contribution in [0.2, 0.25) is 0 Å². The van der Waals surface area contributed by atoms with Gasteiger partial charge in [0.05, 0.1) is 25.3 Å². The Balaban J connectivity index is 1.65. The van der Waals surface area contributed by atoms with Gasteiger partial charge in [-0.2, -0.15) is 0 Å². The van der Waals surface area contributed by atoms with Gasteiger partial charge in [-0.3, -0.25) is 4.90 Å². The van der Waals surface area contributed by atoms with E-state index in [0.29, 0.717) is 19.8 Å². The van der Waals surface area contributed by atoms with E-state index in [1.165, 1.54) is 11.1 Å². The van der Waals surface area contributed by atoms with E-state index in [9.17, 15) is 4.79 Å². The molecule has 2 atom stereocenters. The quantitative estimate of drug-likeness (QED) is 0.782. The van der Waals surface area contributed by atoms with Crippen LogP contribution in [0, 0.1) is 0 Å². The average Bonchev–Trinajstić information content (AvgIpc) is 2.58. The zero-order chi connectivity index (χ0) is 16.9. The van der Waals surface area contributed by atoms with Crippen molar-refractivity contribution in [2.24, 2.45) is 0 Å². The minimum absolute atomic E-state index is 0.0127. The van der Waals surface area contributed by atoms with Crippen LogP contribution in [0.3, 0.4) is 0 Å². The van der Waals surface area contributed by atoms with Crippen LogP contribution >= 0.6 is 0 Å². The smallest absolute Gasteiger partial charge is 0.411 e. The van der Waals surface area contributed by atoms with Gasteiger partial charge in [0.25, 0.3) is 0 Å². The molecule has 1 aromatic carbocycles. The molecule has 2 bridgehead atoms. The van der Waals surface area contributed by atoms with E-state index in [1.54, 1.807) is 0 Å². The lowest BCUT2D eigenvalue weighted by molar-refractivity contribution is -0.0373. The van der Waals surface area contributed by atoms with Crippen LogP contribution in [0.4, 0.5) is 4.79 Å². The summed E-state index contributed by atoms with van der Waals surface area (Å²) in [7, 11) is 0. The molecule has 1 amide bonds. The molecule has 4 nitrogen and oxygen atoms in total. The first-order chi connectivity index (χ1) is 11.6. The normalized spacial score (nSPS) is 22.6. The Bertz CT molecular complexity index is 632. The first-order valence-electron chi connectivity index (χ1n) is 8.53. The Morgan fingerprint density at radius 2 is 2.08 bits per heavy atom. The number of hydrogen-bond donors (Lipinski definition) is 0. The predicted octanol–water partition coefficient (Wildman–Crippen LogP) is 4.08. The van der Waals surface area contributed by atoms with Gasteiger partial charge in [0, 0.05) is 0 Å². The fraction of sp³-hybridized carbons (Fsp3) is 0.450. The van der Waals surface area contributed by atoms with Gasteiger partial charge in [-0.05, 0) is 32.3 Å². The van der Waals surface area contributed by atoms with Crippen molar-refractivity contribution in [3.8, 4) is 0 Å². The van der Waals surface area contributed by atoms with Crippen LogP contribution in [0.5, 0.6) is 0 Å². The van der Waals surface area contributed by atoms with Crippen LogP contribution in [0.1, 0.15) is 32.3 Å². The van der Waals surface area contributed by atoms with Gasteiger partial charge in [-0.25, -0.2) is 4.79 Å². The Morgan fingerprint density at radius 3 is 2.79 bits per heavy atom. The maximum absolute atomic E-state index is 12.6. The topological polar surface area (TPSA) is 38.8 Å². The summed E-state index contributed by atoms with van der Waals surface area (Å²) < 4.78 is 11.2. The highest BCUT2D eigenvalue weighted by Crippen LogP contribution is 2.29. The molecule has 0 aliphatic carbocycles. The molecule has 0 saturated carbocycles. The molecule has 3 rings (SSSR count). The zero-order valence-corrected chi connectivity index (χ0v) is 14.4. The van der Waals surface area contributed by atoms with Crippen LogP contribution in [-0.4, -0.2) is 36.3 Å². The van der Waals surface area contributed by atoms with Crippen molar-refractivity contribution in [3.05, 3.63) is 59.2 Å². The third kappa shape index (κ3) is 4.06. The van der Waals surface area contributed by atoms with Crippen molar-refractivity contribution in [2.45, 2.75) is 45.4 Å². The number of carbonyl (C=O) groups is 1. The summed E-state index contributed by atoms with van der Waals surface area (Å²) in [4.78, 5) is 14.4. The van der Waals surface area contributed by atoms with E-state index in [2.05, 4.69) is 26.0 Å². The molecule has 24 heavy (non-hydrogen) atoms. The number of benzene rings is 1. The van der Waals surface area contributed by atoms with E-state index in [1.807, 2.05) is 35.2 Å². The zero-order valence-electron chi connectivity index (χ0n) is 14.4. The minimum atomic E-state index is -0.241. The fourth-order valence-corrected chi connectivity index (χ4v) is 3.25. The molecule has 4 heteroatoms. The van der Waals surface area contributed by atoms with Crippen molar-refractivity contribution in [2.75, 3.05) is 13.2 Å². The summed E-state index contributed by atoms with van der Waals surface area (Å²) in [5, 5.41) is 0. The molecule has 1 saturated heterocycles. The van der Waals surface area contributed by atoms with Gasteiger partial charge < -0.3 is 9.47 Å². The summed E-state index contributed by atoms with van der Waals surface area (Å²) in [6.07, 6.45) is 6.00. The highest BCUT2D eigenvalue weighted by atomic mass is 16.6. The average molecular weight is 327 g/mol. The first-order valence-corrected chi connectivity index (χ1v) is 8.53. The van der Waals surface area contributed by atoms with Crippen LogP contribution in [0.15, 0.2) is 53.6 Å². The Labute approximate surface area is 143 Å². The van der Waals surface area contributed by atoms with E-state index >= 15 is 0 Å². The standard InChI is InChI=1S/C20H25NO3/c1-15(2)8-9-17-10-18-13-23-14-19(11-17)21(18)20(22)24-12-16-6-4-3-5-7-16/h3-8,10,18-19H,9,11-14H2,1-2H3. The van der Waals surface area contributed by atoms with Crippen LogP contribution < -0.4 is 0 Å². The summed E-state index contributed by atoms with van der Waals surface area (Å²) in [6.45, 7) is 5.67. The van der Waals surface area contributed by atoms with Crippen LogP contribution in [0.25, 0.3) is 0 Å². The second kappa shape index (κ2) is 7.67. The molecule has 2 unspecified atom stereocenters. The molecule has 2 aliphatic rings. The summed E-state index contributed by atoms with van der Waals surface area (Å²) in [6, 6.07) is 9.85. The molecule has 2 aliphatic heterocycles. The van der Waals surface area contributed by atoms with Gasteiger partial charge in [-0.1, -0.05) is 53.6 Å². The highest BCUT2D eigenvalue weighted by molar-refractivity contribution is 5.69. The lowest BCUT2D eigenvalue weighted by Gasteiger charge is -2.43. The monoisotopic (exact) mass is 327 g/mol. The molecule has 2 heterocycles. The number of amides is 1. The van der Waals surface area contributed by atoms with E-state index in [-0.39, 0.29) is 18.2 Å². The van der Waals surface area contributed by atoms with Gasteiger partial charge in [0.15, 0.2) is 0 Å². The molecule has 0 aromatic heterocycles. The second-order valence-electron chi connectivity index (χ2n) is 6.72. The van der Waals surface area contributed by atoms with Gasteiger partial charge in [0.2, 0.25) is 0 Å². The Hall–Kier alpha value is -2.07. The molecule has 128 valence electrons. The number of ether oxygens (including phenoxy) is 2. The molecule has 0 spiro atoms. The first kappa shape index (κ1) is 16.8. The number of rotatable bonds is 4.